The fourth-order valence-electron chi connectivity index (χ4n) is 1.58. The fourth-order valence-corrected chi connectivity index (χ4v) is 1.58. The summed E-state index contributed by atoms with van der Waals surface area (Å²) in [6.45, 7) is 1.70. The van der Waals surface area contributed by atoms with E-state index in [9.17, 15) is 14.7 Å². The zero-order valence-corrected chi connectivity index (χ0v) is 11.1. The molecule has 0 unspecified atom stereocenters. The van der Waals surface area contributed by atoms with Crippen LogP contribution in [0.15, 0.2) is 24.3 Å². The predicted octanol–water partition coefficient (Wildman–Crippen LogP) is -2.22. The van der Waals surface area contributed by atoms with E-state index in [4.69, 9.17) is 10.2 Å². The minimum Gasteiger partial charge on any atom is -0.544 e. The van der Waals surface area contributed by atoms with Crippen LogP contribution in [-0.2, 0) is 9.59 Å². The molecular weight excluding hydrogens is 264 g/mol. The number of hydrogen-bond donors (Lipinski definition) is 4. The maximum atomic E-state index is 11.7. The second kappa shape index (κ2) is 7.46. The average molecular weight is 282 g/mol. The number of nitrogens with two attached hydrogens (primary N) is 1. The molecule has 0 spiro atoms. The Morgan fingerprint density at radius 1 is 1.35 bits per heavy atom. The summed E-state index contributed by atoms with van der Waals surface area (Å²) in [7, 11) is 0. The summed E-state index contributed by atoms with van der Waals surface area (Å²) in [5.74, 6) is -1.76. The van der Waals surface area contributed by atoms with Crippen molar-refractivity contribution in [2.45, 2.75) is 25.5 Å². The first-order chi connectivity index (χ1) is 9.38. The van der Waals surface area contributed by atoms with Crippen LogP contribution >= 0.6 is 0 Å². The molecule has 1 rings (SSSR count). The molecule has 1 aromatic rings. The number of carbonyl (C=O) groups is 2. The van der Waals surface area contributed by atoms with E-state index in [0.29, 0.717) is 5.69 Å². The van der Waals surface area contributed by atoms with Crippen molar-refractivity contribution < 1.29 is 30.2 Å². The standard InChI is InChI=1S/C13H18N2O5/c1-8(16)7-14-11(13(19)20)6-12(18)15-9-2-4-10(17)5-3-9/h2-5,8,11,14,16-17H,6-7H2,1H3,(H,15,18)(H,19,20)/t8-,11-/m0/s1. The summed E-state index contributed by atoms with van der Waals surface area (Å²) < 4.78 is 0. The highest BCUT2D eigenvalue weighted by Gasteiger charge is 2.19. The number of phenolic OH excluding ortho intramolecular Hbond substituents is 1. The van der Waals surface area contributed by atoms with Gasteiger partial charge >= 0.3 is 0 Å². The number of aliphatic carboxylic acids is 1. The summed E-state index contributed by atoms with van der Waals surface area (Å²) in [5.41, 5.74) is 0.459. The second-order valence-electron chi connectivity index (χ2n) is 4.55. The third-order valence-electron chi connectivity index (χ3n) is 2.62. The van der Waals surface area contributed by atoms with Crippen LogP contribution in [0.1, 0.15) is 13.3 Å². The van der Waals surface area contributed by atoms with Gasteiger partial charge in [0.2, 0.25) is 5.91 Å². The van der Waals surface area contributed by atoms with E-state index in [1.165, 1.54) is 36.5 Å². The molecule has 20 heavy (non-hydrogen) atoms. The van der Waals surface area contributed by atoms with Crippen molar-refractivity contribution in [3.8, 4) is 5.75 Å². The third kappa shape index (κ3) is 5.68. The molecule has 1 aromatic carbocycles. The van der Waals surface area contributed by atoms with E-state index in [0.717, 1.165) is 0 Å². The zero-order valence-electron chi connectivity index (χ0n) is 11.1. The number of carbonyl (C=O) groups excluding carboxylic acids is 2. The highest BCUT2D eigenvalue weighted by atomic mass is 16.4. The lowest BCUT2D eigenvalue weighted by Gasteiger charge is -2.17. The number of hydrogen-bond acceptors (Lipinski definition) is 5. The van der Waals surface area contributed by atoms with Gasteiger partial charge in [-0.05, 0) is 31.2 Å². The van der Waals surface area contributed by atoms with Gasteiger partial charge in [-0.2, -0.15) is 0 Å². The predicted molar refractivity (Wildman–Crippen MR) is 68.6 cm³/mol. The van der Waals surface area contributed by atoms with Crippen molar-refractivity contribution in [1.29, 1.82) is 0 Å². The third-order valence-corrected chi connectivity index (χ3v) is 2.62. The largest absolute Gasteiger partial charge is 0.544 e. The van der Waals surface area contributed by atoms with Crippen molar-refractivity contribution in [2.24, 2.45) is 0 Å². The molecule has 2 atom stereocenters. The second-order valence-corrected chi connectivity index (χ2v) is 4.55. The van der Waals surface area contributed by atoms with Gasteiger partial charge in [-0.15, -0.1) is 0 Å². The lowest BCUT2D eigenvalue weighted by Crippen LogP contribution is -2.94. The number of benzene rings is 1. The molecule has 0 saturated carbocycles. The Labute approximate surface area is 116 Å². The summed E-state index contributed by atoms with van der Waals surface area (Å²) in [6.07, 6.45) is -0.937. The summed E-state index contributed by atoms with van der Waals surface area (Å²) in [4.78, 5) is 22.6. The number of aliphatic hydroxyl groups excluding tert-OH is 1. The van der Waals surface area contributed by atoms with E-state index in [2.05, 4.69) is 5.32 Å². The van der Waals surface area contributed by atoms with Crippen molar-refractivity contribution in [1.82, 2.24) is 0 Å². The van der Waals surface area contributed by atoms with E-state index < -0.39 is 24.0 Å². The lowest BCUT2D eigenvalue weighted by atomic mass is 10.2. The number of carboxylic acids is 1. The maximum Gasteiger partial charge on any atom is 0.230 e. The summed E-state index contributed by atoms with van der Waals surface area (Å²) in [6, 6.07) is 4.76. The van der Waals surface area contributed by atoms with Crippen molar-refractivity contribution in [2.75, 3.05) is 11.9 Å². The SMILES string of the molecule is C[C@H](O)C[NH2+][C@@H](CC(=O)Nc1ccc(O)cc1)C(=O)[O-]. The number of anilines is 1. The number of rotatable bonds is 7. The Balaban J connectivity index is 2.53. The Morgan fingerprint density at radius 2 is 1.95 bits per heavy atom. The number of carboxylic acid groups (broad SMARTS) is 1. The molecule has 0 aliphatic heterocycles. The molecule has 5 N–H and O–H groups in total. The van der Waals surface area contributed by atoms with Crippen LogP contribution in [-0.4, -0.2) is 40.8 Å². The first-order valence-electron chi connectivity index (χ1n) is 6.19. The van der Waals surface area contributed by atoms with Gasteiger partial charge in [-0.3, -0.25) is 4.79 Å². The quantitative estimate of drug-likeness (QED) is 0.422. The number of nitrogens with one attached hydrogen (secondary N) is 1. The highest BCUT2D eigenvalue weighted by molar-refractivity contribution is 5.93. The Hall–Kier alpha value is -2.12. The minimum atomic E-state index is -1.36. The number of phenols is 1. The van der Waals surface area contributed by atoms with Gasteiger partial charge in [0.25, 0.3) is 0 Å². The van der Waals surface area contributed by atoms with Crippen molar-refractivity contribution in [3.63, 3.8) is 0 Å². The lowest BCUT2D eigenvalue weighted by molar-refractivity contribution is -0.687. The van der Waals surface area contributed by atoms with Gasteiger partial charge in [-0.25, -0.2) is 0 Å². The number of quaternary nitrogens is 1. The van der Waals surface area contributed by atoms with E-state index in [1.54, 1.807) is 0 Å². The molecule has 0 fully saturated rings. The van der Waals surface area contributed by atoms with Crippen LogP contribution in [0, 0.1) is 0 Å². The van der Waals surface area contributed by atoms with Crippen LogP contribution in [0.3, 0.4) is 0 Å². The molecule has 110 valence electrons. The number of aliphatic hydroxyl groups is 1. The van der Waals surface area contributed by atoms with Gasteiger partial charge in [0.15, 0.2) is 0 Å². The number of amides is 1. The van der Waals surface area contributed by atoms with Crippen LogP contribution in [0.4, 0.5) is 5.69 Å². The van der Waals surface area contributed by atoms with Crippen LogP contribution in [0.25, 0.3) is 0 Å². The molecule has 0 bridgehead atoms. The van der Waals surface area contributed by atoms with Crippen molar-refractivity contribution in [3.05, 3.63) is 24.3 Å². The zero-order chi connectivity index (χ0) is 15.1. The first kappa shape index (κ1) is 15.9. The molecule has 0 heterocycles. The molecule has 0 radical (unpaired) electrons. The van der Waals surface area contributed by atoms with Crippen molar-refractivity contribution >= 4 is 17.6 Å². The Morgan fingerprint density at radius 3 is 2.45 bits per heavy atom. The molecule has 7 heteroatoms. The van der Waals surface area contributed by atoms with Gasteiger partial charge in [-0.1, -0.05) is 0 Å². The van der Waals surface area contributed by atoms with Crippen LogP contribution in [0.2, 0.25) is 0 Å². The van der Waals surface area contributed by atoms with E-state index >= 15 is 0 Å². The smallest absolute Gasteiger partial charge is 0.230 e. The molecule has 1 amide bonds. The van der Waals surface area contributed by atoms with Crippen LogP contribution < -0.4 is 15.7 Å². The fraction of sp³-hybridized carbons (Fsp3) is 0.385. The van der Waals surface area contributed by atoms with Gasteiger partial charge in [0, 0.05) is 5.69 Å². The molecule has 0 saturated heterocycles. The highest BCUT2D eigenvalue weighted by Crippen LogP contribution is 2.13. The minimum absolute atomic E-state index is 0.0703. The van der Waals surface area contributed by atoms with Gasteiger partial charge in [0.1, 0.15) is 18.3 Å². The van der Waals surface area contributed by atoms with Gasteiger partial charge in [0.05, 0.1) is 18.5 Å². The normalized spacial score (nSPS) is 13.5. The monoisotopic (exact) mass is 282 g/mol. The molecule has 0 aliphatic carbocycles. The summed E-state index contributed by atoms with van der Waals surface area (Å²) in [5, 5.41) is 33.0. The first-order valence-corrected chi connectivity index (χ1v) is 6.19. The molecule has 7 nitrogen and oxygen atoms in total. The van der Waals surface area contributed by atoms with Gasteiger partial charge < -0.3 is 30.7 Å². The summed E-state index contributed by atoms with van der Waals surface area (Å²) >= 11 is 0. The van der Waals surface area contributed by atoms with Crippen LogP contribution in [0.5, 0.6) is 5.75 Å². The molecule has 0 aromatic heterocycles. The average Bonchev–Trinajstić information content (AvgIpc) is 2.36. The molecular formula is C13H18N2O5. The topological polar surface area (TPSA) is 126 Å². The Bertz CT molecular complexity index is 458. The molecule has 0 aliphatic rings. The Kier molecular flexibility index (Phi) is 5.95. The number of aromatic hydroxyl groups is 1. The maximum absolute atomic E-state index is 11.7. The van der Waals surface area contributed by atoms with E-state index in [1.807, 2.05) is 0 Å². The van der Waals surface area contributed by atoms with E-state index in [-0.39, 0.29) is 18.7 Å².